The monoisotopic (exact) mass is 292 g/mol. The van der Waals surface area contributed by atoms with Crippen molar-refractivity contribution in [2.75, 3.05) is 11.9 Å². The van der Waals surface area contributed by atoms with Crippen molar-refractivity contribution in [3.05, 3.63) is 63.7 Å². The first-order chi connectivity index (χ1) is 10.1. The highest BCUT2D eigenvalue weighted by molar-refractivity contribution is 5.64. The first-order valence-corrected chi connectivity index (χ1v) is 6.18. The van der Waals surface area contributed by atoms with Crippen LogP contribution in [0.1, 0.15) is 11.6 Å². The number of nitro benzene ring substituents is 1. The van der Waals surface area contributed by atoms with Gasteiger partial charge in [-0.2, -0.15) is 0 Å². The van der Waals surface area contributed by atoms with Gasteiger partial charge in [0.15, 0.2) is 17.3 Å². The number of para-hydroxylation sites is 1. The average molecular weight is 292 g/mol. The molecule has 7 heteroatoms. The molecule has 2 aromatic rings. The zero-order chi connectivity index (χ0) is 15.0. The van der Waals surface area contributed by atoms with Crippen LogP contribution in [0.2, 0.25) is 0 Å². The highest BCUT2D eigenvalue weighted by Crippen LogP contribution is 2.37. The zero-order valence-corrected chi connectivity index (χ0v) is 10.7. The first kappa shape index (κ1) is 13.3. The quantitative estimate of drug-likeness (QED) is 0.695. The van der Waals surface area contributed by atoms with Crippen molar-refractivity contribution < 1.29 is 18.4 Å². The second kappa shape index (κ2) is 5.01. The van der Waals surface area contributed by atoms with Gasteiger partial charge in [0.25, 0.3) is 5.69 Å². The number of hydrogen-bond acceptors (Lipinski definition) is 4. The summed E-state index contributed by atoms with van der Waals surface area (Å²) in [6.45, 7) is 0.187. The second-order valence-electron chi connectivity index (χ2n) is 4.56. The Morgan fingerprint density at radius 1 is 1.24 bits per heavy atom. The normalized spacial score (nSPS) is 16.2. The summed E-state index contributed by atoms with van der Waals surface area (Å²) in [5, 5.41) is 13.6. The average Bonchev–Trinajstić information content (AvgIpc) is 2.87. The van der Waals surface area contributed by atoms with Crippen LogP contribution in [-0.4, -0.2) is 11.5 Å². The largest absolute Gasteiger partial charge is 0.491 e. The number of halogens is 2. The van der Waals surface area contributed by atoms with Gasteiger partial charge in [0.05, 0.1) is 11.0 Å². The number of nitro groups is 1. The molecular formula is C14H10F2N2O3. The summed E-state index contributed by atoms with van der Waals surface area (Å²) in [7, 11) is 0. The Kier molecular flexibility index (Phi) is 3.17. The van der Waals surface area contributed by atoms with Gasteiger partial charge in [-0.1, -0.05) is 18.2 Å². The van der Waals surface area contributed by atoms with E-state index in [4.69, 9.17) is 4.74 Å². The number of hydrogen-bond donors (Lipinski definition) is 1. The van der Waals surface area contributed by atoms with Crippen molar-refractivity contribution in [2.45, 2.75) is 6.04 Å². The van der Waals surface area contributed by atoms with Crippen LogP contribution in [0.4, 0.5) is 20.2 Å². The summed E-state index contributed by atoms with van der Waals surface area (Å²) in [5.74, 6) is -1.79. The SMILES string of the molecule is O=[N+]([O-])c1ccc(F)c(F)c1NC1COc2ccccc21. The van der Waals surface area contributed by atoms with Crippen molar-refractivity contribution in [3.63, 3.8) is 0 Å². The van der Waals surface area contributed by atoms with Crippen LogP contribution in [-0.2, 0) is 0 Å². The minimum atomic E-state index is -1.27. The van der Waals surface area contributed by atoms with Crippen LogP contribution < -0.4 is 10.1 Å². The van der Waals surface area contributed by atoms with E-state index >= 15 is 0 Å². The lowest BCUT2D eigenvalue weighted by atomic mass is 10.1. The molecule has 0 aromatic heterocycles. The third kappa shape index (κ3) is 2.26. The van der Waals surface area contributed by atoms with Crippen LogP contribution in [0.3, 0.4) is 0 Å². The Morgan fingerprint density at radius 2 is 2.00 bits per heavy atom. The van der Waals surface area contributed by atoms with E-state index in [0.717, 1.165) is 17.7 Å². The van der Waals surface area contributed by atoms with E-state index in [1.54, 1.807) is 24.3 Å². The van der Waals surface area contributed by atoms with E-state index in [2.05, 4.69) is 5.32 Å². The summed E-state index contributed by atoms with van der Waals surface area (Å²) in [5.41, 5.74) is -0.237. The fourth-order valence-electron chi connectivity index (χ4n) is 2.29. The molecule has 0 amide bonds. The smallest absolute Gasteiger partial charge is 0.295 e. The third-order valence-electron chi connectivity index (χ3n) is 3.29. The molecule has 21 heavy (non-hydrogen) atoms. The molecule has 0 bridgehead atoms. The van der Waals surface area contributed by atoms with Crippen LogP contribution in [0.25, 0.3) is 0 Å². The summed E-state index contributed by atoms with van der Waals surface area (Å²) < 4.78 is 32.6. The molecule has 0 saturated heterocycles. The van der Waals surface area contributed by atoms with E-state index in [1.165, 1.54) is 0 Å². The minimum absolute atomic E-state index is 0.187. The molecular weight excluding hydrogens is 282 g/mol. The van der Waals surface area contributed by atoms with Crippen molar-refractivity contribution in [3.8, 4) is 5.75 Å². The van der Waals surface area contributed by atoms with Gasteiger partial charge in [0.2, 0.25) is 0 Å². The molecule has 108 valence electrons. The van der Waals surface area contributed by atoms with E-state index < -0.39 is 34.0 Å². The number of fused-ring (bicyclic) bond motifs is 1. The molecule has 0 saturated carbocycles. The molecule has 1 heterocycles. The molecule has 3 rings (SSSR count). The highest BCUT2D eigenvalue weighted by Gasteiger charge is 2.29. The van der Waals surface area contributed by atoms with Crippen molar-refractivity contribution >= 4 is 11.4 Å². The summed E-state index contributed by atoms with van der Waals surface area (Å²) in [4.78, 5) is 10.2. The molecule has 0 spiro atoms. The lowest BCUT2D eigenvalue weighted by molar-refractivity contribution is -0.384. The van der Waals surface area contributed by atoms with Crippen molar-refractivity contribution in [1.29, 1.82) is 0 Å². The van der Waals surface area contributed by atoms with Gasteiger partial charge in [-0.05, 0) is 12.1 Å². The van der Waals surface area contributed by atoms with Gasteiger partial charge in [-0.25, -0.2) is 8.78 Å². The number of benzene rings is 2. The second-order valence-corrected chi connectivity index (χ2v) is 4.56. The van der Waals surface area contributed by atoms with E-state index in [-0.39, 0.29) is 6.61 Å². The van der Waals surface area contributed by atoms with Crippen molar-refractivity contribution in [1.82, 2.24) is 0 Å². The molecule has 0 fully saturated rings. The predicted molar refractivity (Wildman–Crippen MR) is 71.3 cm³/mol. The van der Waals surface area contributed by atoms with E-state index in [0.29, 0.717) is 5.75 Å². The van der Waals surface area contributed by atoms with Gasteiger partial charge < -0.3 is 10.1 Å². The topological polar surface area (TPSA) is 64.4 Å². The number of ether oxygens (including phenoxy) is 1. The Balaban J connectivity index is 2.00. The fourth-order valence-corrected chi connectivity index (χ4v) is 2.29. The Bertz CT molecular complexity index is 721. The minimum Gasteiger partial charge on any atom is -0.491 e. The van der Waals surface area contributed by atoms with Crippen LogP contribution in [0, 0.1) is 21.7 Å². The third-order valence-corrected chi connectivity index (χ3v) is 3.29. The molecule has 1 unspecified atom stereocenters. The van der Waals surface area contributed by atoms with Crippen LogP contribution in [0.15, 0.2) is 36.4 Å². The molecule has 1 aliphatic rings. The Labute approximate surface area is 118 Å². The van der Waals surface area contributed by atoms with Gasteiger partial charge in [-0.3, -0.25) is 10.1 Å². The van der Waals surface area contributed by atoms with Crippen LogP contribution >= 0.6 is 0 Å². The lowest BCUT2D eigenvalue weighted by Gasteiger charge is -2.14. The molecule has 2 aromatic carbocycles. The maximum absolute atomic E-state index is 13.9. The number of anilines is 1. The Hall–Kier alpha value is -2.70. The molecule has 5 nitrogen and oxygen atoms in total. The summed E-state index contributed by atoms with van der Waals surface area (Å²) in [6, 6.07) is 8.26. The number of rotatable bonds is 3. The van der Waals surface area contributed by atoms with Gasteiger partial charge in [0.1, 0.15) is 12.4 Å². The Morgan fingerprint density at radius 3 is 2.76 bits per heavy atom. The molecule has 1 aliphatic heterocycles. The van der Waals surface area contributed by atoms with E-state index in [9.17, 15) is 18.9 Å². The number of nitrogens with zero attached hydrogens (tertiary/aromatic N) is 1. The van der Waals surface area contributed by atoms with E-state index in [1.807, 2.05) is 0 Å². The van der Waals surface area contributed by atoms with Gasteiger partial charge in [-0.15, -0.1) is 0 Å². The van der Waals surface area contributed by atoms with Crippen LogP contribution in [0.5, 0.6) is 5.75 Å². The summed E-state index contributed by atoms with van der Waals surface area (Å²) >= 11 is 0. The zero-order valence-electron chi connectivity index (χ0n) is 10.7. The molecule has 1 atom stereocenters. The molecule has 1 N–H and O–H groups in total. The lowest BCUT2D eigenvalue weighted by Crippen LogP contribution is -2.14. The fraction of sp³-hybridized carbons (Fsp3) is 0.143. The number of nitrogens with one attached hydrogen (secondary N) is 1. The van der Waals surface area contributed by atoms with Crippen molar-refractivity contribution in [2.24, 2.45) is 0 Å². The first-order valence-electron chi connectivity index (χ1n) is 6.18. The summed E-state index contributed by atoms with van der Waals surface area (Å²) in [6.07, 6.45) is 0. The predicted octanol–water partition coefficient (Wildman–Crippen LogP) is 3.42. The molecule has 0 radical (unpaired) electrons. The standard InChI is InChI=1S/C14H10F2N2O3/c15-9-5-6-11(18(19)20)14(13(9)16)17-10-7-21-12-4-2-1-3-8(10)12/h1-6,10,17H,7H2. The molecule has 0 aliphatic carbocycles. The van der Waals surface area contributed by atoms with Gasteiger partial charge >= 0.3 is 0 Å². The highest BCUT2D eigenvalue weighted by atomic mass is 19.2. The maximum Gasteiger partial charge on any atom is 0.295 e. The van der Waals surface area contributed by atoms with Gasteiger partial charge in [0, 0.05) is 11.6 Å². The maximum atomic E-state index is 13.9.